The third-order valence-electron chi connectivity index (χ3n) is 1.48. The van der Waals surface area contributed by atoms with Crippen LogP contribution >= 0.6 is 0 Å². The maximum Gasteiger partial charge on any atom is 0.301 e. The molecule has 0 aliphatic carbocycles. The van der Waals surface area contributed by atoms with E-state index in [-0.39, 0.29) is 18.9 Å². The largest absolute Gasteiger partial charge is 0.356 e. The fraction of sp³-hybridized carbons (Fsp3) is 0.625. The zero-order valence-electron chi connectivity index (χ0n) is 7.66. The Morgan fingerprint density at radius 3 is 2.36 bits per heavy atom. The molecule has 0 heterocycles. The van der Waals surface area contributed by atoms with Gasteiger partial charge in [0.15, 0.2) is 5.83 Å². The van der Waals surface area contributed by atoms with Crippen LogP contribution in [0, 0.1) is 0 Å². The van der Waals surface area contributed by atoms with Crippen molar-refractivity contribution in [3.8, 4) is 0 Å². The normalized spacial score (nSPS) is 9.71. The van der Waals surface area contributed by atoms with E-state index in [0.29, 0.717) is 13.0 Å². The Balaban J connectivity index is 3.54. The molecule has 0 aliphatic rings. The van der Waals surface area contributed by atoms with Gasteiger partial charge in [0, 0.05) is 19.4 Å². The van der Waals surface area contributed by atoms with Crippen molar-refractivity contribution in [1.82, 2.24) is 5.32 Å². The molecule has 0 atom stereocenters. The van der Waals surface area contributed by atoms with Crippen LogP contribution < -0.4 is 11.1 Å². The topological polar surface area (TPSA) is 55.1 Å². The van der Waals surface area contributed by atoms with E-state index in [1.165, 1.54) is 0 Å². The van der Waals surface area contributed by atoms with E-state index in [4.69, 9.17) is 5.73 Å². The summed E-state index contributed by atoms with van der Waals surface area (Å²) in [5.74, 6) is -1.79. The molecular formula is C8H13F3N2O. The van der Waals surface area contributed by atoms with Gasteiger partial charge in [0.25, 0.3) is 0 Å². The molecule has 6 heteroatoms. The molecule has 0 saturated heterocycles. The van der Waals surface area contributed by atoms with Gasteiger partial charge in [-0.2, -0.15) is 8.78 Å². The Kier molecular flexibility index (Phi) is 6.82. The van der Waals surface area contributed by atoms with Gasteiger partial charge in [0.1, 0.15) is 0 Å². The average molecular weight is 210 g/mol. The van der Waals surface area contributed by atoms with Gasteiger partial charge < -0.3 is 11.1 Å². The first kappa shape index (κ1) is 13.0. The molecule has 14 heavy (non-hydrogen) atoms. The van der Waals surface area contributed by atoms with Crippen molar-refractivity contribution in [2.45, 2.75) is 19.3 Å². The Bertz CT molecular complexity index is 215. The predicted octanol–water partition coefficient (Wildman–Crippen LogP) is 1.31. The summed E-state index contributed by atoms with van der Waals surface area (Å²) in [6.07, 6.45) is -2.04. The SMILES string of the molecule is NCCCC(=O)NCCC(F)=C(F)F. The van der Waals surface area contributed by atoms with Crippen molar-refractivity contribution in [2.24, 2.45) is 5.73 Å². The Hall–Kier alpha value is -1.04. The summed E-state index contributed by atoms with van der Waals surface area (Å²) in [4.78, 5) is 10.9. The molecule has 0 aliphatic heterocycles. The van der Waals surface area contributed by atoms with Crippen LogP contribution in [0.25, 0.3) is 0 Å². The first-order valence-corrected chi connectivity index (χ1v) is 4.24. The van der Waals surface area contributed by atoms with Crippen LogP contribution in [0.1, 0.15) is 19.3 Å². The predicted molar refractivity (Wildman–Crippen MR) is 46.3 cm³/mol. The molecular weight excluding hydrogens is 197 g/mol. The first-order chi connectivity index (χ1) is 6.57. The number of halogens is 3. The van der Waals surface area contributed by atoms with Crippen molar-refractivity contribution in [2.75, 3.05) is 13.1 Å². The highest BCUT2D eigenvalue weighted by Crippen LogP contribution is 2.11. The molecule has 1 amide bonds. The molecule has 0 fully saturated rings. The highest BCUT2D eigenvalue weighted by Gasteiger charge is 2.05. The summed E-state index contributed by atoms with van der Waals surface area (Å²) in [6.45, 7) is 0.271. The van der Waals surface area contributed by atoms with E-state index >= 15 is 0 Å². The van der Waals surface area contributed by atoms with Crippen molar-refractivity contribution in [3.05, 3.63) is 11.9 Å². The first-order valence-electron chi connectivity index (χ1n) is 4.24. The van der Waals surface area contributed by atoms with Crippen LogP contribution in [0.3, 0.4) is 0 Å². The van der Waals surface area contributed by atoms with E-state index in [1.54, 1.807) is 0 Å². The molecule has 0 aromatic rings. The third kappa shape index (κ3) is 6.47. The van der Waals surface area contributed by atoms with Gasteiger partial charge in [0.05, 0.1) is 0 Å². The number of hydrogen-bond acceptors (Lipinski definition) is 2. The molecule has 0 radical (unpaired) electrons. The molecule has 3 nitrogen and oxygen atoms in total. The summed E-state index contributed by atoms with van der Waals surface area (Å²) in [5.41, 5.74) is 5.15. The molecule has 0 saturated carbocycles. The Labute approximate surface area is 80.2 Å². The monoisotopic (exact) mass is 210 g/mol. The van der Waals surface area contributed by atoms with Gasteiger partial charge in [-0.1, -0.05) is 0 Å². The third-order valence-corrected chi connectivity index (χ3v) is 1.48. The quantitative estimate of drug-likeness (QED) is 0.694. The number of carbonyl (C=O) groups excluding carboxylic acids is 1. The maximum atomic E-state index is 12.2. The van der Waals surface area contributed by atoms with Crippen molar-refractivity contribution < 1.29 is 18.0 Å². The number of rotatable bonds is 6. The van der Waals surface area contributed by atoms with Crippen molar-refractivity contribution >= 4 is 5.91 Å². The summed E-state index contributed by atoms with van der Waals surface area (Å²) in [5, 5.41) is 2.30. The summed E-state index contributed by atoms with van der Waals surface area (Å²) < 4.78 is 35.2. The van der Waals surface area contributed by atoms with E-state index in [1.807, 2.05) is 0 Å². The maximum absolute atomic E-state index is 12.2. The van der Waals surface area contributed by atoms with Crippen LogP contribution in [-0.2, 0) is 4.79 Å². The molecule has 0 unspecified atom stereocenters. The van der Waals surface area contributed by atoms with E-state index in [9.17, 15) is 18.0 Å². The average Bonchev–Trinajstić information content (AvgIpc) is 2.14. The number of hydrogen-bond donors (Lipinski definition) is 2. The number of amides is 1. The van der Waals surface area contributed by atoms with Gasteiger partial charge in [-0.25, -0.2) is 4.39 Å². The second kappa shape index (κ2) is 7.37. The van der Waals surface area contributed by atoms with E-state index in [2.05, 4.69) is 5.32 Å². The smallest absolute Gasteiger partial charge is 0.301 e. The zero-order chi connectivity index (χ0) is 11.0. The lowest BCUT2D eigenvalue weighted by Gasteiger charge is -2.02. The Morgan fingerprint density at radius 2 is 1.86 bits per heavy atom. The fourth-order valence-corrected chi connectivity index (χ4v) is 0.757. The molecule has 0 aromatic carbocycles. The summed E-state index contributed by atoms with van der Waals surface area (Å²) in [7, 11) is 0. The van der Waals surface area contributed by atoms with Crippen LogP contribution in [0.4, 0.5) is 13.2 Å². The van der Waals surface area contributed by atoms with E-state index < -0.39 is 18.3 Å². The molecule has 0 rings (SSSR count). The van der Waals surface area contributed by atoms with Crippen LogP contribution in [-0.4, -0.2) is 19.0 Å². The minimum absolute atomic E-state index is 0.118. The molecule has 82 valence electrons. The van der Waals surface area contributed by atoms with E-state index in [0.717, 1.165) is 0 Å². The second-order valence-corrected chi connectivity index (χ2v) is 2.66. The van der Waals surface area contributed by atoms with Gasteiger partial charge >= 0.3 is 6.08 Å². The minimum Gasteiger partial charge on any atom is -0.356 e. The van der Waals surface area contributed by atoms with Crippen molar-refractivity contribution in [3.63, 3.8) is 0 Å². The van der Waals surface area contributed by atoms with Gasteiger partial charge in [-0.05, 0) is 13.0 Å². The summed E-state index contributed by atoms with van der Waals surface area (Å²) >= 11 is 0. The molecule has 0 spiro atoms. The van der Waals surface area contributed by atoms with Gasteiger partial charge in [-0.15, -0.1) is 0 Å². The lowest BCUT2D eigenvalue weighted by atomic mass is 10.3. The standard InChI is InChI=1S/C8H13F3N2O/c9-6(8(10)11)3-5-13-7(14)2-1-4-12/h1-5,12H2,(H,13,14). The van der Waals surface area contributed by atoms with Crippen LogP contribution in [0.5, 0.6) is 0 Å². The summed E-state index contributed by atoms with van der Waals surface area (Å²) in [6, 6.07) is 0. The number of carbonyl (C=O) groups is 1. The number of nitrogens with one attached hydrogen (secondary N) is 1. The molecule has 3 N–H and O–H groups in total. The minimum atomic E-state index is -2.33. The lowest BCUT2D eigenvalue weighted by molar-refractivity contribution is -0.121. The molecule has 0 aromatic heterocycles. The zero-order valence-corrected chi connectivity index (χ0v) is 7.66. The van der Waals surface area contributed by atoms with Gasteiger partial charge in [-0.3, -0.25) is 4.79 Å². The van der Waals surface area contributed by atoms with Crippen LogP contribution in [0.2, 0.25) is 0 Å². The molecule has 0 bridgehead atoms. The fourth-order valence-electron chi connectivity index (χ4n) is 0.757. The second-order valence-electron chi connectivity index (χ2n) is 2.66. The number of nitrogens with two attached hydrogens (primary N) is 1. The lowest BCUT2D eigenvalue weighted by Crippen LogP contribution is -2.24. The Morgan fingerprint density at radius 1 is 1.21 bits per heavy atom. The van der Waals surface area contributed by atoms with Crippen LogP contribution in [0.15, 0.2) is 11.9 Å². The van der Waals surface area contributed by atoms with Gasteiger partial charge in [0.2, 0.25) is 5.91 Å². The van der Waals surface area contributed by atoms with Crippen molar-refractivity contribution in [1.29, 1.82) is 0 Å². The highest BCUT2D eigenvalue weighted by molar-refractivity contribution is 5.75. The highest BCUT2D eigenvalue weighted by atomic mass is 19.3.